The molecule has 2 aromatic heterocycles. The molecule has 0 radical (unpaired) electrons. The highest BCUT2D eigenvalue weighted by molar-refractivity contribution is 9.10. The number of anilines is 2. The van der Waals surface area contributed by atoms with Crippen molar-refractivity contribution < 1.29 is 23.5 Å². The summed E-state index contributed by atoms with van der Waals surface area (Å²) >= 11 is 3.38. The van der Waals surface area contributed by atoms with E-state index in [-0.39, 0.29) is 29.3 Å². The highest BCUT2D eigenvalue weighted by Gasteiger charge is 2.50. The molecule has 0 fully saturated rings. The van der Waals surface area contributed by atoms with Crippen LogP contribution in [0.1, 0.15) is 21.6 Å². The number of ether oxygens (including phenoxy) is 1. The Hall–Kier alpha value is -4.64. The van der Waals surface area contributed by atoms with Gasteiger partial charge in [0.1, 0.15) is 17.3 Å². The molecule has 11 heteroatoms. The molecule has 0 saturated heterocycles. The average molecular weight is 590 g/mol. The van der Waals surface area contributed by atoms with Crippen LogP contribution in [-0.4, -0.2) is 34.7 Å². The van der Waals surface area contributed by atoms with Gasteiger partial charge in [0.2, 0.25) is 11.8 Å². The second-order valence-corrected chi connectivity index (χ2v) is 9.63. The number of nitrogens with zero attached hydrogens (tertiary/aromatic N) is 2. The Bertz CT molecular complexity index is 1600. The largest absolute Gasteiger partial charge is 0.454 e. The van der Waals surface area contributed by atoms with E-state index in [0.717, 1.165) is 10.5 Å². The Morgan fingerprint density at radius 2 is 1.85 bits per heavy atom. The van der Waals surface area contributed by atoms with E-state index >= 15 is 4.39 Å². The van der Waals surface area contributed by atoms with Gasteiger partial charge in [-0.3, -0.25) is 19.4 Å². The highest BCUT2D eigenvalue weighted by atomic mass is 79.9. The van der Waals surface area contributed by atoms with Gasteiger partial charge in [-0.25, -0.2) is 9.37 Å². The normalized spacial score (nSPS) is 16.0. The Balaban J connectivity index is 1.43. The van der Waals surface area contributed by atoms with Crippen LogP contribution < -0.4 is 20.7 Å². The maximum absolute atomic E-state index is 15.0. The van der Waals surface area contributed by atoms with E-state index in [1.807, 2.05) is 0 Å². The maximum atomic E-state index is 15.0. The minimum atomic E-state index is -1.63. The smallest absolute Gasteiger partial charge is 0.269 e. The fraction of sp³-hybridized carbons (Fsp3) is 0.107. The molecule has 4 aromatic rings. The lowest BCUT2D eigenvalue weighted by Gasteiger charge is -2.35. The molecule has 1 aliphatic rings. The molecular formula is C28H21BrFN5O4. The minimum Gasteiger partial charge on any atom is -0.454 e. The van der Waals surface area contributed by atoms with Crippen molar-refractivity contribution in [1.82, 2.24) is 15.3 Å². The molecule has 0 aliphatic carbocycles. The van der Waals surface area contributed by atoms with Crippen LogP contribution >= 0.6 is 15.9 Å². The summed E-state index contributed by atoms with van der Waals surface area (Å²) in [5.41, 5.74) is -0.221. The van der Waals surface area contributed by atoms with E-state index in [9.17, 15) is 14.4 Å². The first-order chi connectivity index (χ1) is 18.8. The summed E-state index contributed by atoms with van der Waals surface area (Å²) < 4.78 is 21.4. The molecule has 3 amide bonds. The predicted octanol–water partition coefficient (Wildman–Crippen LogP) is 4.60. The first-order valence-corrected chi connectivity index (χ1v) is 12.6. The van der Waals surface area contributed by atoms with E-state index in [2.05, 4.69) is 41.8 Å². The number of carbonyl (C=O) groups excluding carboxylic acids is 3. The van der Waals surface area contributed by atoms with Gasteiger partial charge in [-0.2, -0.15) is 0 Å². The molecule has 39 heavy (non-hydrogen) atoms. The van der Waals surface area contributed by atoms with Crippen LogP contribution in [0.2, 0.25) is 0 Å². The van der Waals surface area contributed by atoms with Crippen LogP contribution in [0.4, 0.5) is 15.9 Å². The van der Waals surface area contributed by atoms with Crippen molar-refractivity contribution >= 4 is 45.2 Å². The van der Waals surface area contributed by atoms with Gasteiger partial charge in [-0.05, 0) is 47.5 Å². The zero-order chi connectivity index (χ0) is 27.6. The van der Waals surface area contributed by atoms with Gasteiger partial charge in [-0.1, -0.05) is 34.1 Å². The summed E-state index contributed by atoms with van der Waals surface area (Å²) in [7, 11) is 1.47. The lowest BCUT2D eigenvalue weighted by molar-refractivity contribution is -0.132. The van der Waals surface area contributed by atoms with Crippen LogP contribution in [0.3, 0.4) is 0 Å². The summed E-state index contributed by atoms with van der Waals surface area (Å²) in [5.74, 6) is -1.87. The second kappa shape index (κ2) is 10.6. The molecule has 1 unspecified atom stereocenters. The van der Waals surface area contributed by atoms with E-state index in [1.54, 1.807) is 42.6 Å². The van der Waals surface area contributed by atoms with Gasteiger partial charge in [0.15, 0.2) is 17.0 Å². The monoisotopic (exact) mass is 589 g/mol. The first-order valence-electron chi connectivity index (χ1n) is 11.8. The van der Waals surface area contributed by atoms with Crippen molar-refractivity contribution in [2.24, 2.45) is 0 Å². The third-order valence-electron chi connectivity index (χ3n) is 6.30. The van der Waals surface area contributed by atoms with Gasteiger partial charge >= 0.3 is 0 Å². The number of hydrogen-bond acceptors (Lipinski definition) is 6. The third-order valence-corrected chi connectivity index (χ3v) is 6.83. The molecule has 0 bridgehead atoms. The first kappa shape index (κ1) is 26.0. The van der Waals surface area contributed by atoms with Crippen molar-refractivity contribution in [2.45, 2.75) is 11.8 Å². The maximum Gasteiger partial charge on any atom is 0.269 e. The van der Waals surface area contributed by atoms with E-state index in [1.165, 1.54) is 37.5 Å². The van der Waals surface area contributed by atoms with Crippen LogP contribution in [0, 0.1) is 5.82 Å². The molecule has 3 N–H and O–H groups in total. The molecule has 9 nitrogen and oxygen atoms in total. The summed E-state index contributed by atoms with van der Waals surface area (Å²) in [6, 6.07) is 17.2. The fourth-order valence-corrected chi connectivity index (χ4v) is 4.57. The number of fused-ring (bicyclic) bond motifs is 1. The fourth-order valence-electron chi connectivity index (χ4n) is 4.31. The number of halogens is 2. The van der Waals surface area contributed by atoms with Gasteiger partial charge in [-0.15, -0.1) is 0 Å². The number of nitrogens with one attached hydrogen (secondary N) is 3. The number of pyridine rings is 2. The van der Waals surface area contributed by atoms with E-state index in [0.29, 0.717) is 16.9 Å². The number of carbonyl (C=O) groups is 3. The SMILES string of the molecule is CNC(=O)c1cc(Oc2ccc(NC(=O)C3(c4ccc(Br)cc4)Cc4cccnc4NC3=O)cc2F)ccn1. The van der Waals surface area contributed by atoms with Crippen molar-refractivity contribution in [3.8, 4) is 11.5 Å². The van der Waals surface area contributed by atoms with Crippen LogP contribution in [-0.2, 0) is 21.4 Å². The molecular weight excluding hydrogens is 569 g/mol. The van der Waals surface area contributed by atoms with Crippen molar-refractivity contribution in [2.75, 3.05) is 17.7 Å². The van der Waals surface area contributed by atoms with Crippen molar-refractivity contribution in [3.63, 3.8) is 0 Å². The summed E-state index contributed by atoms with van der Waals surface area (Å²) in [5, 5.41) is 7.90. The Kier molecular flexibility index (Phi) is 7.07. The summed E-state index contributed by atoms with van der Waals surface area (Å²) in [6.45, 7) is 0. The topological polar surface area (TPSA) is 122 Å². The van der Waals surface area contributed by atoms with Crippen LogP contribution in [0.15, 0.2) is 83.6 Å². The number of amides is 3. The van der Waals surface area contributed by atoms with Crippen LogP contribution in [0.5, 0.6) is 11.5 Å². The van der Waals surface area contributed by atoms with E-state index < -0.39 is 29.0 Å². The third kappa shape index (κ3) is 5.08. The number of aromatic nitrogens is 2. The quantitative estimate of drug-likeness (QED) is 0.282. The summed E-state index contributed by atoms with van der Waals surface area (Å²) in [4.78, 5) is 47.2. The highest BCUT2D eigenvalue weighted by Crippen LogP contribution is 2.38. The lowest BCUT2D eigenvalue weighted by Crippen LogP contribution is -2.54. The Morgan fingerprint density at radius 3 is 2.59 bits per heavy atom. The Labute approximate surface area is 231 Å². The molecule has 3 heterocycles. The number of rotatable bonds is 6. The summed E-state index contributed by atoms with van der Waals surface area (Å²) in [6.07, 6.45) is 3.00. The number of benzene rings is 2. The van der Waals surface area contributed by atoms with Gasteiger partial charge < -0.3 is 20.7 Å². The zero-order valence-electron chi connectivity index (χ0n) is 20.5. The predicted molar refractivity (Wildman–Crippen MR) is 145 cm³/mol. The van der Waals surface area contributed by atoms with Crippen molar-refractivity contribution in [3.05, 3.63) is 106 Å². The van der Waals surface area contributed by atoms with Gasteiger partial charge in [0.25, 0.3) is 5.91 Å². The second-order valence-electron chi connectivity index (χ2n) is 8.71. The van der Waals surface area contributed by atoms with Gasteiger partial charge in [0.05, 0.1) is 0 Å². The average Bonchev–Trinajstić information content (AvgIpc) is 2.94. The molecule has 1 atom stereocenters. The van der Waals surface area contributed by atoms with Crippen molar-refractivity contribution in [1.29, 1.82) is 0 Å². The molecule has 5 rings (SSSR count). The molecule has 0 saturated carbocycles. The molecule has 1 aliphatic heterocycles. The Morgan fingerprint density at radius 1 is 1.05 bits per heavy atom. The molecule has 196 valence electrons. The lowest BCUT2D eigenvalue weighted by atomic mass is 9.72. The standard InChI is InChI=1S/C28H21BrFN5O4/c1-31-25(36)22-14-20(10-12-32-22)39-23-9-8-19(13-21(23)30)34-26(37)28(17-4-6-18(29)7-5-17)15-16-3-2-11-33-24(16)35-27(28)38/h2-14H,15H2,1H3,(H,31,36)(H,34,37)(H,33,35,38). The molecule has 2 aromatic carbocycles. The molecule has 0 spiro atoms. The van der Waals surface area contributed by atoms with Crippen LogP contribution in [0.25, 0.3) is 0 Å². The minimum absolute atomic E-state index is 0.0643. The zero-order valence-corrected chi connectivity index (χ0v) is 22.1. The van der Waals surface area contributed by atoms with E-state index in [4.69, 9.17) is 4.74 Å². The van der Waals surface area contributed by atoms with Gasteiger partial charge in [0, 0.05) is 48.2 Å². The number of hydrogen-bond donors (Lipinski definition) is 3.